The van der Waals surface area contributed by atoms with Crippen LogP contribution in [0.15, 0.2) is 88.6 Å². The van der Waals surface area contributed by atoms with Crippen LogP contribution in [-0.4, -0.2) is 44.8 Å². The molecule has 0 aliphatic carbocycles. The van der Waals surface area contributed by atoms with Gasteiger partial charge in [0.05, 0.1) is 16.6 Å². The molecule has 0 radical (unpaired) electrons. The summed E-state index contributed by atoms with van der Waals surface area (Å²) in [6.45, 7) is 1.26. The number of rotatable bonds is 6. The van der Waals surface area contributed by atoms with E-state index in [0.29, 0.717) is 30.0 Å². The first kappa shape index (κ1) is 26.6. The summed E-state index contributed by atoms with van der Waals surface area (Å²) in [5, 5.41) is 14.4. The van der Waals surface area contributed by atoms with E-state index >= 15 is 4.39 Å². The van der Waals surface area contributed by atoms with Gasteiger partial charge in [-0.2, -0.15) is 4.98 Å². The first-order valence-corrected chi connectivity index (χ1v) is 14.8. The van der Waals surface area contributed by atoms with E-state index in [0.717, 1.165) is 35.1 Å². The van der Waals surface area contributed by atoms with Crippen molar-refractivity contribution in [2.75, 3.05) is 18.0 Å². The second kappa shape index (κ2) is 10.8. The van der Waals surface area contributed by atoms with Gasteiger partial charge in [0.1, 0.15) is 23.1 Å². The number of piperazine rings is 1. The summed E-state index contributed by atoms with van der Waals surface area (Å²) in [6, 6.07) is 23.0. The van der Waals surface area contributed by atoms with Crippen LogP contribution in [0, 0.1) is 11.6 Å². The molecule has 3 aromatic carbocycles. The Labute approximate surface area is 244 Å². The van der Waals surface area contributed by atoms with Crippen LogP contribution in [0.3, 0.4) is 0 Å². The third-order valence-corrected chi connectivity index (χ3v) is 8.94. The highest BCUT2D eigenvalue weighted by Gasteiger charge is 2.34. The molecule has 2 aliphatic heterocycles. The normalized spacial score (nSPS) is 18.1. The molecule has 0 saturated carbocycles. The molecule has 4 heterocycles. The van der Waals surface area contributed by atoms with Gasteiger partial charge in [-0.05, 0) is 54.8 Å². The molecule has 5 aromatic rings. The van der Waals surface area contributed by atoms with Gasteiger partial charge in [0, 0.05) is 35.8 Å². The fourth-order valence-corrected chi connectivity index (χ4v) is 6.83. The number of fused-ring (bicyclic) bond motifs is 3. The average molecular weight is 584 g/mol. The van der Waals surface area contributed by atoms with Gasteiger partial charge in [-0.3, -0.25) is 0 Å². The Bertz CT molecular complexity index is 1830. The number of aromatic nitrogens is 3. The first-order chi connectivity index (χ1) is 20.4. The van der Waals surface area contributed by atoms with Crippen LogP contribution in [0.5, 0.6) is 5.75 Å². The van der Waals surface area contributed by atoms with Crippen molar-refractivity contribution in [2.45, 2.75) is 35.6 Å². The predicted molar refractivity (Wildman–Crippen MR) is 160 cm³/mol. The summed E-state index contributed by atoms with van der Waals surface area (Å²) in [5.74, 6) is -0.983. The van der Waals surface area contributed by atoms with Crippen LogP contribution in [0.25, 0.3) is 28.0 Å². The van der Waals surface area contributed by atoms with Crippen molar-refractivity contribution in [1.82, 2.24) is 19.9 Å². The lowest BCUT2D eigenvalue weighted by atomic mass is 10.1. The lowest BCUT2D eigenvalue weighted by molar-refractivity contribution is 0.463. The lowest BCUT2D eigenvalue weighted by Crippen LogP contribution is -2.52. The van der Waals surface area contributed by atoms with E-state index in [1.54, 1.807) is 17.8 Å². The predicted octanol–water partition coefficient (Wildman–Crippen LogP) is 5.66. The number of thioether (sulfide) groups is 1. The molecule has 2 atom stereocenters. The Morgan fingerprint density at radius 3 is 2.43 bits per heavy atom. The maximum Gasteiger partial charge on any atom is 0.355 e. The van der Waals surface area contributed by atoms with Crippen molar-refractivity contribution in [3.05, 3.63) is 107 Å². The van der Waals surface area contributed by atoms with Crippen LogP contribution < -0.4 is 15.9 Å². The molecule has 2 aromatic heterocycles. The first-order valence-electron chi connectivity index (χ1n) is 13.8. The minimum atomic E-state index is -0.818. The highest BCUT2D eigenvalue weighted by molar-refractivity contribution is 7.98. The number of hydrogen-bond acceptors (Lipinski definition) is 7. The van der Waals surface area contributed by atoms with Gasteiger partial charge in [0.15, 0.2) is 11.5 Å². The molecule has 2 bridgehead atoms. The van der Waals surface area contributed by atoms with E-state index in [2.05, 4.69) is 27.4 Å². The summed E-state index contributed by atoms with van der Waals surface area (Å²) in [5.41, 5.74) is 0.500. The zero-order valence-electron chi connectivity index (χ0n) is 22.5. The molecule has 2 saturated heterocycles. The molecule has 7 nitrogen and oxygen atoms in total. The number of anilines is 1. The zero-order valence-corrected chi connectivity index (χ0v) is 23.3. The van der Waals surface area contributed by atoms with Gasteiger partial charge in [0.25, 0.3) is 0 Å². The number of hydrogen-bond donors (Lipinski definition) is 2. The van der Waals surface area contributed by atoms with Crippen molar-refractivity contribution >= 4 is 28.6 Å². The SMILES string of the molecule is O=c1nc(N2CC3CCC(C2)N3)c2cc(F)c(-c3c(O)cccc3F)nc2n1-c1cccc(SCc2ccccc2)c1. The fraction of sp³-hybridized carbons (Fsp3) is 0.219. The smallest absolute Gasteiger partial charge is 0.355 e. The molecule has 2 fully saturated rings. The third-order valence-electron chi connectivity index (χ3n) is 7.87. The molecular formula is C32H27F2N5O2S. The van der Waals surface area contributed by atoms with E-state index in [1.807, 2.05) is 41.3 Å². The fourth-order valence-electron chi connectivity index (χ4n) is 5.93. The molecule has 212 valence electrons. The number of pyridine rings is 1. The topological polar surface area (TPSA) is 83.3 Å². The number of nitrogens with zero attached hydrogens (tertiary/aromatic N) is 4. The van der Waals surface area contributed by atoms with E-state index in [-0.39, 0.29) is 29.0 Å². The molecule has 2 aliphatic rings. The quantitative estimate of drug-likeness (QED) is 0.250. The van der Waals surface area contributed by atoms with Crippen molar-refractivity contribution in [2.24, 2.45) is 0 Å². The van der Waals surface area contributed by atoms with Gasteiger partial charge in [-0.15, -0.1) is 11.8 Å². The van der Waals surface area contributed by atoms with Crippen LogP contribution in [-0.2, 0) is 5.75 Å². The monoisotopic (exact) mass is 583 g/mol. The molecule has 42 heavy (non-hydrogen) atoms. The summed E-state index contributed by atoms with van der Waals surface area (Å²) in [6.07, 6.45) is 2.04. The molecule has 2 N–H and O–H groups in total. The average Bonchev–Trinajstić information content (AvgIpc) is 3.33. The minimum Gasteiger partial charge on any atom is -0.507 e. The van der Waals surface area contributed by atoms with E-state index in [4.69, 9.17) is 0 Å². The molecular weight excluding hydrogens is 556 g/mol. The number of aromatic hydroxyl groups is 1. The van der Waals surface area contributed by atoms with Crippen molar-refractivity contribution < 1.29 is 13.9 Å². The summed E-state index contributed by atoms with van der Waals surface area (Å²) >= 11 is 1.62. The van der Waals surface area contributed by atoms with Crippen molar-refractivity contribution in [1.29, 1.82) is 0 Å². The highest BCUT2D eigenvalue weighted by Crippen LogP contribution is 2.36. The Morgan fingerprint density at radius 2 is 1.67 bits per heavy atom. The van der Waals surface area contributed by atoms with Crippen LogP contribution >= 0.6 is 11.8 Å². The van der Waals surface area contributed by atoms with Crippen LogP contribution in [0.4, 0.5) is 14.6 Å². The highest BCUT2D eigenvalue weighted by atomic mass is 32.2. The van der Waals surface area contributed by atoms with Crippen molar-refractivity contribution in [3.63, 3.8) is 0 Å². The summed E-state index contributed by atoms with van der Waals surface area (Å²) < 4.78 is 32.0. The number of benzene rings is 3. The molecule has 2 unspecified atom stereocenters. The van der Waals surface area contributed by atoms with Gasteiger partial charge in [0.2, 0.25) is 0 Å². The molecule has 0 spiro atoms. The van der Waals surface area contributed by atoms with E-state index in [1.165, 1.54) is 22.8 Å². The molecule has 7 rings (SSSR count). The minimum absolute atomic E-state index is 0.139. The summed E-state index contributed by atoms with van der Waals surface area (Å²) in [4.78, 5) is 25.7. The van der Waals surface area contributed by atoms with E-state index in [9.17, 15) is 14.3 Å². The van der Waals surface area contributed by atoms with Crippen molar-refractivity contribution in [3.8, 4) is 22.7 Å². The van der Waals surface area contributed by atoms with Crippen LogP contribution in [0.2, 0.25) is 0 Å². The second-order valence-electron chi connectivity index (χ2n) is 10.7. The Morgan fingerprint density at radius 1 is 0.905 bits per heavy atom. The number of phenolic OH excluding ortho intramolecular Hbond substituents is 1. The molecule has 0 amide bonds. The van der Waals surface area contributed by atoms with Gasteiger partial charge < -0.3 is 15.3 Å². The molecule has 10 heteroatoms. The van der Waals surface area contributed by atoms with Gasteiger partial charge in [-0.25, -0.2) is 23.1 Å². The number of phenols is 1. The maximum absolute atomic E-state index is 15.7. The maximum atomic E-state index is 15.7. The second-order valence-corrected chi connectivity index (χ2v) is 11.7. The van der Waals surface area contributed by atoms with Gasteiger partial charge >= 0.3 is 5.69 Å². The third kappa shape index (κ3) is 4.90. The largest absolute Gasteiger partial charge is 0.507 e. The summed E-state index contributed by atoms with van der Waals surface area (Å²) in [7, 11) is 0. The Hall–Kier alpha value is -4.28. The van der Waals surface area contributed by atoms with Crippen LogP contribution in [0.1, 0.15) is 18.4 Å². The standard InChI is InChI=1S/C32H27F2N5O2S/c33-25-10-5-11-27(40)28(25)29-26(34)15-24-30(38-16-20-12-13-21(17-38)35-20)37-32(41)39(31(24)36-29)22-8-4-9-23(14-22)42-18-19-6-2-1-3-7-19/h1-11,14-15,20-21,35,40H,12-13,16-18H2. The van der Waals surface area contributed by atoms with Gasteiger partial charge in [-0.1, -0.05) is 42.5 Å². The van der Waals surface area contributed by atoms with E-state index < -0.39 is 23.1 Å². The number of halogens is 2. The lowest BCUT2D eigenvalue weighted by Gasteiger charge is -2.34. The number of nitrogens with one attached hydrogen (secondary N) is 1. The Balaban J connectivity index is 1.40. The Kier molecular flexibility index (Phi) is 6.87. The zero-order chi connectivity index (χ0) is 28.8.